The fourth-order valence-electron chi connectivity index (χ4n) is 2.26. The summed E-state index contributed by atoms with van der Waals surface area (Å²) in [4.78, 5) is 0. The maximum Gasteiger partial charge on any atom is 0.128 e. The molecule has 2 aromatic rings. The predicted molar refractivity (Wildman–Crippen MR) is 97.5 cm³/mol. The van der Waals surface area contributed by atoms with Gasteiger partial charge in [0.1, 0.15) is 16.4 Å². The molecule has 24 heavy (non-hydrogen) atoms. The Kier molecular flexibility index (Phi) is 5.69. The fourth-order valence-corrected chi connectivity index (χ4v) is 3.73. The number of nitrogens with two attached hydrogens (primary N) is 1. The summed E-state index contributed by atoms with van der Waals surface area (Å²) in [6.45, 7) is 3.48. The molecule has 0 heterocycles. The second-order valence-corrected chi connectivity index (χ2v) is 8.29. The number of hydrogen-bond acceptors (Lipinski definition) is 3. The molecule has 0 fully saturated rings. The van der Waals surface area contributed by atoms with Crippen LogP contribution in [-0.4, -0.2) is 5.75 Å². The first-order valence-corrected chi connectivity index (χ1v) is 9.01. The Morgan fingerprint density at radius 3 is 2.38 bits per heavy atom. The van der Waals surface area contributed by atoms with Gasteiger partial charge in [-0.2, -0.15) is 5.26 Å². The van der Waals surface area contributed by atoms with Gasteiger partial charge in [-0.05, 0) is 49.7 Å². The van der Waals surface area contributed by atoms with Crippen molar-refractivity contribution in [2.24, 2.45) is 5.73 Å². The molecule has 0 aromatic heterocycles. The summed E-state index contributed by atoms with van der Waals surface area (Å²) >= 11 is 4.63. The molecule has 0 aliphatic heterocycles. The minimum Gasteiger partial charge on any atom is -0.321 e. The molecule has 0 saturated carbocycles. The lowest BCUT2D eigenvalue weighted by Crippen LogP contribution is -2.38. The monoisotopic (exact) mass is 410 g/mol. The van der Waals surface area contributed by atoms with Crippen molar-refractivity contribution < 1.29 is 8.78 Å². The van der Waals surface area contributed by atoms with Gasteiger partial charge < -0.3 is 5.73 Å². The Balaban J connectivity index is 2.24. The number of hydrogen-bond donors (Lipinski definition) is 1. The quantitative estimate of drug-likeness (QED) is 0.747. The van der Waals surface area contributed by atoms with E-state index in [0.29, 0.717) is 16.9 Å². The van der Waals surface area contributed by atoms with Crippen LogP contribution in [-0.2, 0) is 10.3 Å². The molecule has 0 spiro atoms. The second kappa shape index (κ2) is 7.22. The Morgan fingerprint density at radius 1 is 1.17 bits per heavy atom. The standard InChI is InChI=1S/C18H17BrF2N2S/c1-17(23,15-9-13(19)5-8-16(15)21)11-24-18(2,10-22)12-3-6-14(20)7-4-12/h3-9H,11,23H2,1-2H3/t17-,18?/m0/s1. The largest absolute Gasteiger partial charge is 0.321 e. The van der Waals surface area contributed by atoms with Gasteiger partial charge in [0.05, 0.1) is 11.6 Å². The van der Waals surface area contributed by atoms with Gasteiger partial charge in [-0.3, -0.25) is 0 Å². The maximum absolute atomic E-state index is 14.1. The van der Waals surface area contributed by atoms with Crippen LogP contribution < -0.4 is 5.73 Å². The summed E-state index contributed by atoms with van der Waals surface area (Å²) in [6, 6.07) is 12.7. The van der Waals surface area contributed by atoms with Crippen molar-refractivity contribution >= 4 is 27.7 Å². The first kappa shape index (κ1) is 18.9. The van der Waals surface area contributed by atoms with Crippen molar-refractivity contribution in [2.45, 2.75) is 24.1 Å². The van der Waals surface area contributed by atoms with Crippen molar-refractivity contribution in [2.75, 3.05) is 5.75 Å². The van der Waals surface area contributed by atoms with E-state index in [1.54, 1.807) is 38.1 Å². The van der Waals surface area contributed by atoms with Gasteiger partial charge in [-0.1, -0.05) is 28.1 Å². The predicted octanol–water partition coefficient (Wildman–Crippen LogP) is 5.07. The van der Waals surface area contributed by atoms with Gasteiger partial charge >= 0.3 is 0 Å². The number of nitrogens with zero attached hydrogens (tertiary/aromatic N) is 1. The number of nitriles is 1. The first-order valence-electron chi connectivity index (χ1n) is 7.23. The molecule has 2 atom stereocenters. The zero-order chi connectivity index (χ0) is 18.0. The summed E-state index contributed by atoms with van der Waals surface area (Å²) in [6.07, 6.45) is 0. The van der Waals surface area contributed by atoms with E-state index in [1.165, 1.54) is 30.0 Å². The highest BCUT2D eigenvalue weighted by atomic mass is 79.9. The molecule has 0 aliphatic rings. The highest BCUT2D eigenvalue weighted by Gasteiger charge is 2.33. The molecule has 0 aliphatic carbocycles. The summed E-state index contributed by atoms with van der Waals surface area (Å²) < 4.78 is 27.1. The number of halogens is 3. The molecule has 2 N–H and O–H groups in total. The smallest absolute Gasteiger partial charge is 0.128 e. The molecule has 2 rings (SSSR count). The van der Waals surface area contributed by atoms with Crippen molar-refractivity contribution in [1.82, 2.24) is 0 Å². The molecule has 2 nitrogen and oxygen atoms in total. The highest BCUT2D eigenvalue weighted by Crippen LogP contribution is 2.39. The molecule has 0 saturated heterocycles. The average molecular weight is 411 g/mol. The van der Waals surface area contributed by atoms with E-state index in [4.69, 9.17) is 5.73 Å². The van der Waals surface area contributed by atoms with Crippen LogP contribution in [0, 0.1) is 23.0 Å². The molecular weight excluding hydrogens is 394 g/mol. The topological polar surface area (TPSA) is 49.8 Å². The molecule has 1 unspecified atom stereocenters. The van der Waals surface area contributed by atoms with Crippen LogP contribution >= 0.6 is 27.7 Å². The van der Waals surface area contributed by atoms with Crippen molar-refractivity contribution in [3.05, 3.63) is 69.7 Å². The Morgan fingerprint density at radius 2 is 1.79 bits per heavy atom. The lowest BCUT2D eigenvalue weighted by Gasteiger charge is -2.30. The van der Waals surface area contributed by atoms with E-state index >= 15 is 0 Å². The van der Waals surface area contributed by atoms with Crippen molar-refractivity contribution in [3.63, 3.8) is 0 Å². The SMILES string of the molecule is CC(C#N)(SC[C@](C)(N)c1cc(Br)ccc1F)c1ccc(F)cc1. The van der Waals surface area contributed by atoms with E-state index < -0.39 is 10.3 Å². The van der Waals surface area contributed by atoms with Crippen molar-refractivity contribution in [3.8, 4) is 6.07 Å². The van der Waals surface area contributed by atoms with E-state index in [9.17, 15) is 14.0 Å². The van der Waals surface area contributed by atoms with Crippen LogP contribution in [0.3, 0.4) is 0 Å². The first-order chi connectivity index (χ1) is 11.2. The third-order valence-corrected chi connectivity index (χ3v) is 5.95. The molecule has 0 bridgehead atoms. The van der Waals surface area contributed by atoms with E-state index in [-0.39, 0.29) is 11.6 Å². The Hall–Kier alpha value is -1.42. The molecule has 0 radical (unpaired) electrons. The zero-order valence-corrected chi connectivity index (χ0v) is 15.7. The van der Waals surface area contributed by atoms with Crippen LogP contribution in [0.1, 0.15) is 25.0 Å². The van der Waals surface area contributed by atoms with Crippen LogP contribution in [0.25, 0.3) is 0 Å². The van der Waals surface area contributed by atoms with E-state index in [0.717, 1.165) is 4.47 Å². The van der Waals surface area contributed by atoms with Crippen LogP contribution in [0.4, 0.5) is 8.78 Å². The van der Waals surface area contributed by atoms with Crippen molar-refractivity contribution in [1.29, 1.82) is 5.26 Å². The lowest BCUT2D eigenvalue weighted by molar-refractivity contribution is 0.507. The van der Waals surface area contributed by atoms with Crippen LogP contribution in [0.15, 0.2) is 46.9 Å². The second-order valence-electron chi connectivity index (χ2n) is 5.98. The Bertz CT molecular complexity index is 772. The number of benzene rings is 2. The normalized spacial score (nSPS) is 16.0. The van der Waals surface area contributed by atoms with E-state index in [2.05, 4.69) is 22.0 Å². The van der Waals surface area contributed by atoms with Gasteiger partial charge in [0.15, 0.2) is 0 Å². The summed E-state index contributed by atoms with van der Waals surface area (Å²) in [7, 11) is 0. The minimum absolute atomic E-state index is 0.321. The number of thioether (sulfide) groups is 1. The summed E-state index contributed by atoms with van der Waals surface area (Å²) in [5.74, 6) is -0.421. The van der Waals surface area contributed by atoms with Gasteiger partial charge in [0.2, 0.25) is 0 Å². The van der Waals surface area contributed by atoms with Crippen LogP contribution in [0.5, 0.6) is 0 Å². The lowest BCUT2D eigenvalue weighted by atomic mass is 9.95. The fraction of sp³-hybridized carbons (Fsp3) is 0.278. The van der Waals surface area contributed by atoms with Gasteiger partial charge in [0.25, 0.3) is 0 Å². The molecule has 6 heteroatoms. The molecule has 126 valence electrons. The Labute approximate surface area is 153 Å². The summed E-state index contributed by atoms with van der Waals surface area (Å²) in [5, 5.41) is 9.59. The van der Waals surface area contributed by atoms with E-state index in [1.807, 2.05) is 0 Å². The highest BCUT2D eigenvalue weighted by molar-refractivity contribution is 9.10. The minimum atomic E-state index is -0.962. The zero-order valence-electron chi connectivity index (χ0n) is 13.3. The molecule has 2 aromatic carbocycles. The van der Waals surface area contributed by atoms with Gasteiger partial charge in [-0.25, -0.2) is 8.78 Å². The summed E-state index contributed by atoms with van der Waals surface area (Å²) in [5.41, 5.74) is 6.42. The van der Waals surface area contributed by atoms with Gasteiger partial charge in [-0.15, -0.1) is 11.8 Å². The van der Waals surface area contributed by atoms with Gasteiger partial charge in [0, 0.05) is 15.8 Å². The van der Waals surface area contributed by atoms with Crippen LogP contribution in [0.2, 0.25) is 0 Å². The average Bonchev–Trinajstić information content (AvgIpc) is 2.55. The number of rotatable bonds is 5. The molecular formula is C18H17BrF2N2S. The maximum atomic E-state index is 14.1. The molecule has 0 amide bonds. The third-order valence-electron chi connectivity index (χ3n) is 3.81. The third kappa shape index (κ3) is 4.15.